The van der Waals surface area contributed by atoms with Crippen molar-refractivity contribution < 1.29 is 37.7 Å². The quantitative estimate of drug-likeness (QED) is 0.113. The third kappa shape index (κ3) is 6.99. The first-order valence-corrected chi connectivity index (χ1v) is 17.4. The van der Waals surface area contributed by atoms with E-state index in [2.05, 4.69) is 15.9 Å². The Morgan fingerprint density at radius 1 is 0.740 bits per heavy atom. The molecule has 5 aromatic carbocycles. The molecule has 5 aromatic rings. The lowest BCUT2D eigenvalue weighted by Gasteiger charge is -2.38. The molecule has 0 saturated carbocycles. The molecule has 2 aliphatic rings. The maximum atomic E-state index is 16.1. The van der Waals surface area contributed by atoms with Crippen molar-refractivity contribution in [1.82, 2.24) is 0 Å². The maximum Gasteiger partial charge on any atom is 0.338 e. The molecule has 2 aliphatic heterocycles. The van der Waals surface area contributed by atoms with Crippen LogP contribution in [0.25, 0.3) is 0 Å². The number of hydrogen-bond donors (Lipinski definition) is 0. The van der Waals surface area contributed by atoms with E-state index < -0.39 is 48.3 Å². The van der Waals surface area contributed by atoms with Gasteiger partial charge in [0.05, 0.1) is 28.1 Å². The van der Waals surface area contributed by atoms with Crippen LogP contribution >= 0.6 is 39.3 Å². The zero-order valence-electron chi connectivity index (χ0n) is 25.9. The van der Waals surface area contributed by atoms with Crippen LogP contribution in [-0.2, 0) is 18.9 Å². The summed E-state index contributed by atoms with van der Waals surface area (Å²) < 4.78 is 41.1. The second-order valence-corrected chi connectivity index (χ2v) is 13.8. The van der Waals surface area contributed by atoms with Crippen LogP contribution in [-0.4, -0.2) is 49.1 Å². The Morgan fingerprint density at radius 3 is 1.90 bits per heavy atom. The molecule has 0 amide bonds. The number of esters is 3. The van der Waals surface area contributed by atoms with Crippen LogP contribution in [0.5, 0.6) is 0 Å². The molecule has 7 rings (SSSR count). The Balaban J connectivity index is 1.33. The summed E-state index contributed by atoms with van der Waals surface area (Å²) in [7, 11) is 0. The number of hydrogen-bond acceptors (Lipinski definition) is 9. The molecule has 1 saturated heterocycles. The highest BCUT2D eigenvalue weighted by Gasteiger charge is 2.54. The van der Waals surface area contributed by atoms with Crippen molar-refractivity contribution in [2.45, 2.75) is 34.3 Å². The molecule has 1 fully saturated rings. The van der Waals surface area contributed by atoms with E-state index in [4.69, 9.17) is 30.5 Å². The van der Waals surface area contributed by atoms with Gasteiger partial charge >= 0.3 is 17.9 Å². The lowest BCUT2D eigenvalue weighted by Crippen LogP contribution is -2.47. The van der Waals surface area contributed by atoms with Gasteiger partial charge < -0.3 is 23.8 Å². The Morgan fingerprint density at radius 2 is 1.30 bits per heavy atom. The first-order chi connectivity index (χ1) is 24.3. The Kier molecular flexibility index (Phi) is 9.91. The van der Waals surface area contributed by atoms with Crippen LogP contribution in [0, 0.1) is 5.82 Å². The number of ether oxygens (including phenoxy) is 4. The number of fused-ring (bicyclic) bond motifs is 2. The van der Waals surface area contributed by atoms with E-state index in [1.165, 1.54) is 17.8 Å². The molecule has 2 heterocycles. The maximum absolute atomic E-state index is 16.1. The van der Waals surface area contributed by atoms with E-state index in [0.29, 0.717) is 30.5 Å². The van der Waals surface area contributed by atoms with Crippen LogP contribution in [0.2, 0.25) is 5.02 Å². The van der Waals surface area contributed by atoms with Gasteiger partial charge in [-0.05, 0) is 66.7 Å². The monoisotopic (exact) mass is 773 g/mol. The molecule has 0 spiro atoms. The molecular formula is C38H26BrClFNO7S. The van der Waals surface area contributed by atoms with E-state index >= 15 is 4.39 Å². The SMILES string of the molecule is O=C(OC[C@H]1O[C@@H](N2c3ccc(Cl)cc3Sc3cc(Br)cc(F)c32)[C@H](OC(=O)c2ccccc2)[C@@H]1OC(=O)c1ccccc1)c1ccccc1. The predicted octanol–water partition coefficient (Wildman–Crippen LogP) is 8.88. The fourth-order valence-electron chi connectivity index (χ4n) is 5.79. The number of rotatable bonds is 8. The van der Waals surface area contributed by atoms with Crippen molar-refractivity contribution in [3.63, 3.8) is 0 Å². The number of carbonyl (C=O) groups is 3. The summed E-state index contributed by atoms with van der Waals surface area (Å²) in [6.07, 6.45) is -5.08. The molecule has 50 heavy (non-hydrogen) atoms. The fraction of sp³-hybridized carbons (Fsp3) is 0.132. The first kappa shape index (κ1) is 33.8. The van der Waals surface area contributed by atoms with E-state index in [-0.39, 0.29) is 23.4 Å². The highest BCUT2D eigenvalue weighted by Crippen LogP contribution is 2.53. The van der Waals surface area contributed by atoms with Crippen LogP contribution in [0.15, 0.2) is 136 Å². The summed E-state index contributed by atoms with van der Waals surface area (Å²) in [5, 5.41) is 0.454. The topological polar surface area (TPSA) is 91.4 Å². The minimum absolute atomic E-state index is 0.147. The zero-order chi connectivity index (χ0) is 34.8. The molecule has 252 valence electrons. The van der Waals surface area contributed by atoms with Crippen molar-refractivity contribution in [1.29, 1.82) is 0 Å². The van der Waals surface area contributed by atoms with Crippen molar-refractivity contribution in [3.05, 3.63) is 153 Å². The van der Waals surface area contributed by atoms with Crippen molar-refractivity contribution in [3.8, 4) is 0 Å². The third-order valence-corrected chi connectivity index (χ3v) is 9.84. The van der Waals surface area contributed by atoms with Crippen LogP contribution in [0.4, 0.5) is 15.8 Å². The number of anilines is 2. The number of nitrogens with zero attached hydrogens (tertiary/aromatic N) is 1. The smallest absolute Gasteiger partial charge is 0.338 e. The summed E-state index contributed by atoms with van der Waals surface area (Å²) in [5.74, 6) is -2.68. The summed E-state index contributed by atoms with van der Waals surface area (Å²) in [6.45, 7) is -0.387. The molecule has 4 atom stereocenters. The molecule has 0 aromatic heterocycles. The van der Waals surface area contributed by atoms with E-state index in [1.54, 1.807) is 120 Å². The Labute approximate surface area is 304 Å². The molecule has 0 aliphatic carbocycles. The second kappa shape index (κ2) is 14.7. The number of benzene rings is 5. The van der Waals surface area contributed by atoms with Gasteiger partial charge in [-0.25, -0.2) is 18.8 Å². The van der Waals surface area contributed by atoms with Gasteiger partial charge in [-0.1, -0.05) is 93.9 Å². The second-order valence-electron chi connectivity index (χ2n) is 11.3. The van der Waals surface area contributed by atoms with Crippen LogP contribution < -0.4 is 4.90 Å². The van der Waals surface area contributed by atoms with Gasteiger partial charge in [0.2, 0.25) is 0 Å². The van der Waals surface area contributed by atoms with E-state index in [9.17, 15) is 14.4 Å². The van der Waals surface area contributed by atoms with Gasteiger partial charge in [0.15, 0.2) is 18.4 Å². The average molecular weight is 775 g/mol. The third-order valence-electron chi connectivity index (χ3n) is 8.07. The molecule has 0 unspecified atom stereocenters. The predicted molar refractivity (Wildman–Crippen MR) is 188 cm³/mol. The van der Waals surface area contributed by atoms with Crippen LogP contribution in [0.1, 0.15) is 31.1 Å². The van der Waals surface area contributed by atoms with Crippen molar-refractivity contribution >= 4 is 68.6 Å². The Bertz CT molecular complexity index is 2060. The van der Waals surface area contributed by atoms with Crippen LogP contribution in [0.3, 0.4) is 0 Å². The molecule has 0 bridgehead atoms. The average Bonchev–Trinajstić information content (AvgIpc) is 3.45. The summed E-state index contributed by atoms with van der Waals surface area (Å²) in [4.78, 5) is 43.1. The van der Waals surface area contributed by atoms with E-state index in [1.807, 2.05) is 0 Å². The number of halogens is 3. The summed E-state index contributed by atoms with van der Waals surface area (Å²) in [5.41, 5.74) is 1.42. The molecule has 0 radical (unpaired) electrons. The van der Waals surface area contributed by atoms with Gasteiger partial charge in [-0.3, -0.25) is 0 Å². The fourth-order valence-corrected chi connectivity index (χ4v) is 7.78. The minimum atomic E-state index is -1.35. The van der Waals surface area contributed by atoms with Gasteiger partial charge in [0.25, 0.3) is 0 Å². The molecule has 0 N–H and O–H groups in total. The summed E-state index contributed by atoms with van der Waals surface area (Å²) >= 11 is 11.1. The Hall–Kier alpha value is -4.68. The minimum Gasteiger partial charge on any atom is -0.459 e. The van der Waals surface area contributed by atoms with Gasteiger partial charge in [0, 0.05) is 19.3 Å². The van der Waals surface area contributed by atoms with Crippen molar-refractivity contribution in [2.75, 3.05) is 11.5 Å². The molecule has 8 nitrogen and oxygen atoms in total. The molecule has 12 heteroatoms. The summed E-state index contributed by atoms with van der Waals surface area (Å²) in [6, 6.07) is 33.1. The molecular weight excluding hydrogens is 749 g/mol. The van der Waals surface area contributed by atoms with Gasteiger partial charge in [-0.15, -0.1) is 0 Å². The van der Waals surface area contributed by atoms with Gasteiger partial charge in [0.1, 0.15) is 18.5 Å². The lowest BCUT2D eigenvalue weighted by atomic mass is 10.1. The highest BCUT2D eigenvalue weighted by molar-refractivity contribution is 9.10. The number of carbonyl (C=O) groups excluding carboxylic acids is 3. The van der Waals surface area contributed by atoms with Crippen molar-refractivity contribution in [2.24, 2.45) is 0 Å². The highest BCUT2D eigenvalue weighted by atomic mass is 79.9. The van der Waals surface area contributed by atoms with Gasteiger partial charge in [-0.2, -0.15) is 0 Å². The zero-order valence-corrected chi connectivity index (χ0v) is 29.1. The lowest BCUT2D eigenvalue weighted by molar-refractivity contribution is -0.0446. The van der Waals surface area contributed by atoms with E-state index in [0.717, 1.165) is 0 Å². The first-order valence-electron chi connectivity index (χ1n) is 15.4. The largest absolute Gasteiger partial charge is 0.459 e. The standard InChI is InChI=1S/C38H26BrClFNO7S/c39-25-18-27(41)32-31(19-25)50-30-20-26(40)16-17-28(30)42(32)35-34(49-38(45)24-14-8-3-9-15-24)33(48-37(44)23-12-6-2-7-13-23)29(47-35)21-46-36(43)22-10-4-1-5-11-22/h1-20,29,33-35H,21H2/t29-,33-,34-,35-/m1/s1. The normalized spacial score (nSPS) is 19.2.